The number of likely N-dealkylation sites (N-methyl/N-ethyl adjacent to an activating group) is 2. The van der Waals surface area contributed by atoms with Crippen molar-refractivity contribution in [2.75, 3.05) is 74.5 Å². The monoisotopic (exact) mass is 3250 g/mol. The summed E-state index contributed by atoms with van der Waals surface area (Å²) in [4.78, 5) is 129. The molecule has 0 bridgehead atoms. The zero-order chi connectivity index (χ0) is 109. The molecule has 145 heavy (non-hydrogen) atoms. The van der Waals surface area contributed by atoms with E-state index >= 15 is 0 Å². The van der Waals surface area contributed by atoms with E-state index in [0.29, 0.717) is 73.7 Å². The van der Waals surface area contributed by atoms with Gasteiger partial charge in [-0.1, -0.05) is 170 Å². The number of hydrogen-bond donors (Lipinski definition) is 7. The van der Waals surface area contributed by atoms with Crippen LogP contribution in [0.15, 0.2) is 173 Å². The molecule has 8 N–H and O–H groups in total. The number of amides is 4. The molecule has 41 heteroatoms. The number of carbonyl (C=O) groups excluding carboxylic acids is 6. The first kappa shape index (κ1) is 145. The Labute approximate surface area is 1020 Å². The number of fused-ring (bicyclic) bond motifs is 4. The number of nitrogens with zero attached hydrogens (tertiary/aromatic N) is 10. The Balaban J connectivity index is 0. The van der Waals surface area contributed by atoms with Crippen LogP contribution < -0.4 is 73.5 Å². The summed E-state index contributed by atoms with van der Waals surface area (Å²) >= 11 is 33.6. The molecular formula is C104H154Cl2I10N13O14V2. The second kappa shape index (κ2) is 76.1. The molecular weight excluding hydrogens is 3100 g/mol. The number of aliphatic carboxylic acids is 4. The number of alkyl halides is 3. The fraction of sp³-hybridized carbons (Fsp3) is 0.558. The summed E-state index contributed by atoms with van der Waals surface area (Å²) in [5.41, 5.74) is 17.6. The normalized spacial score (nSPS) is 18.3. The van der Waals surface area contributed by atoms with E-state index in [0.717, 1.165) is 194 Å². The van der Waals surface area contributed by atoms with Gasteiger partial charge in [-0.15, -0.1) is 0 Å². The number of aliphatic imine (C=N–C) groups is 4. The fourth-order valence-electron chi connectivity index (χ4n) is 16.5. The number of Topliss-reactive ketones (excluding diaryl/α,β-unsaturated/α-hetero) is 2. The van der Waals surface area contributed by atoms with Gasteiger partial charge >= 0.3 is 150 Å². The van der Waals surface area contributed by atoms with Crippen LogP contribution in [0.2, 0.25) is 0 Å². The van der Waals surface area contributed by atoms with Gasteiger partial charge in [-0.3, -0.25) is 49.0 Å². The van der Waals surface area contributed by atoms with Gasteiger partial charge < -0.3 is 116 Å². The number of carboxylic acid groups (broad SMARTS) is 4. The SMILES string of the molecule is CC1(C)C2=CC=CN(CCCCCC(=O)O)C2=N/C1=C/C=C1\C[N+](C)(C)CC(CCC2=Nc3c(ccc[n+]3CCCCCC(=O)O)C2(C)C)=C1Cl.CC1(C)C2=CC=CN(CCCCCC(=O)O)C2=N/C1=C/C=C1\C[N+](C)(C)CC(CCC2=Nc3c(ccc[n+]3CCCCCC(=O)O)C2(C)C)=C1Cl.CCC(C)=O.CCC(C)=O.CN.IC(I)I.O=C1CCC(=O)N1.O=C1CCC(=O)N1.[CH2-]C.[CH2-]C.[I-].[I-].[I][V]([I])[I].[I][V][I]. The van der Waals surface area contributed by atoms with Gasteiger partial charge in [0.05, 0.1) is 97.1 Å². The molecule has 2 aromatic heterocycles. The maximum atomic E-state index is 10.9. The number of halogens is 12. The number of carboxylic acids is 4. The maximum absolute atomic E-state index is 10.9. The van der Waals surface area contributed by atoms with Crippen LogP contribution in [-0.2, 0) is 86.3 Å². The fourth-order valence-corrected chi connectivity index (χ4v) is 17.0. The third kappa shape index (κ3) is 53.8. The molecule has 10 aliphatic rings. The average Bonchev–Trinajstić information content (AvgIpc) is 1.64. The van der Waals surface area contributed by atoms with Crippen molar-refractivity contribution in [1.29, 1.82) is 0 Å². The van der Waals surface area contributed by atoms with Gasteiger partial charge in [-0.2, -0.15) is 13.8 Å². The molecule has 0 radical (unpaired) electrons. The summed E-state index contributed by atoms with van der Waals surface area (Å²) < 4.78 is 6.84. The van der Waals surface area contributed by atoms with Crippen LogP contribution in [0.3, 0.4) is 0 Å². The quantitative estimate of drug-likeness (QED) is 0.00651. The Morgan fingerprint density at radius 3 is 1.03 bits per heavy atom. The van der Waals surface area contributed by atoms with Gasteiger partial charge in [0.2, 0.25) is 23.6 Å². The molecule has 0 spiro atoms. The van der Waals surface area contributed by atoms with Crippen molar-refractivity contribution in [1.82, 2.24) is 20.4 Å². The molecule has 2 fully saturated rings. The number of nitrogens with one attached hydrogen (secondary N) is 2. The second-order valence-corrected chi connectivity index (χ2v) is 96.6. The van der Waals surface area contributed by atoms with E-state index in [-0.39, 0.29) is 135 Å². The van der Waals surface area contributed by atoms with E-state index in [9.17, 15) is 47.9 Å². The van der Waals surface area contributed by atoms with E-state index in [4.69, 9.17) is 63.6 Å². The molecule has 813 valence electrons. The molecule has 4 amide bonds. The predicted molar refractivity (Wildman–Crippen MR) is 643 cm³/mol. The molecule has 0 unspecified atom stereocenters. The summed E-state index contributed by atoms with van der Waals surface area (Å²) in [7, 11) is 11.2. The van der Waals surface area contributed by atoms with E-state index < -0.39 is 23.9 Å². The molecule has 12 heterocycles. The van der Waals surface area contributed by atoms with Crippen molar-refractivity contribution in [2.24, 2.45) is 36.5 Å². The van der Waals surface area contributed by atoms with Gasteiger partial charge in [0.15, 0.2) is 0 Å². The number of ketones is 2. The van der Waals surface area contributed by atoms with Crippen molar-refractivity contribution < 1.29 is 149 Å². The summed E-state index contributed by atoms with van der Waals surface area (Å²) in [6.45, 7) is 41.5. The number of rotatable bonds is 34. The van der Waals surface area contributed by atoms with Crippen molar-refractivity contribution in [3.8, 4) is 0 Å². The number of aromatic nitrogens is 2. The first-order valence-electron chi connectivity index (χ1n) is 48.3. The van der Waals surface area contributed by atoms with Crippen molar-refractivity contribution >= 4 is 285 Å². The molecule has 0 aliphatic carbocycles. The number of hydrogen-bond acceptors (Lipinski definition) is 17. The first-order valence-corrected chi connectivity index (χ1v) is 75.3. The van der Waals surface area contributed by atoms with E-state index in [1.165, 1.54) is 51.9 Å². The number of nitrogens with two attached hydrogens (primary N) is 1. The molecule has 10 aliphatic heterocycles. The van der Waals surface area contributed by atoms with Gasteiger partial charge in [-0.05, 0) is 184 Å². The number of carbonyl (C=O) groups is 10. The zero-order valence-electron chi connectivity index (χ0n) is 87.6. The van der Waals surface area contributed by atoms with Crippen molar-refractivity contribution in [2.45, 2.75) is 288 Å². The average molecular weight is 3250 g/mol. The van der Waals surface area contributed by atoms with Gasteiger partial charge in [0, 0.05) is 147 Å². The van der Waals surface area contributed by atoms with Crippen LogP contribution in [-0.4, -0.2) is 196 Å². The Morgan fingerprint density at radius 2 is 0.772 bits per heavy atom. The molecule has 0 atom stereocenters. The number of allylic oxidation sites excluding steroid dienone is 10. The predicted octanol–water partition coefficient (Wildman–Crippen LogP) is 19.1. The molecule has 27 nitrogen and oxygen atoms in total. The third-order valence-corrected chi connectivity index (χ3v) is 25.2. The topological polar surface area (TPSA) is 365 Å². The number of aryl methyl sites for hydroxylation is 2. The summed E-state index contributed by atoms with van der Waals surface area (Å²) in [5, 5.41) is 41.9. The molecule has 2 saturated heterocycles. The van der Waals surface area contributed by atoms with Crippen LogP contribution in [0.25, 0.3) is 0 Å². The Bertz CT molecular complexity index is 4740. The van der Waals surface area contributed by atoms with Gasteiger partial charge in [0.1, 0.15) is 60.8 Å². The summed E-state index contributed by atoms with van der Waals surface area (Å²) in [6.07, 6.45) is 42.5. The summed E-state index contributed by atoms with van der Waals surface area (Å²) in [6, 6.07) is 8.57. The van der Waals surface area contributed by atoms with Crippen LogP contribution in [0, 0.1) is 24.7 Å². The van der Waals surface area contributed by atoms with E-state index in [1.807, 2.05) is 13.8 Å². The Kier molecular flexibility index (Phi) is 76.4. The standard InChI is InChI=1S/2C41H54ClN5O4.2C4H5NO2.2C4H8O.2C2H5.CHI3.CH5N.7HI.2V/c2*1-40(2)31-15-13-25-45(23-11-7-9-17-35(48)49)38(31)43-33(40)21-19-29-27-47(5,6)28-30(37(29)42)20-22-34-41(3,4)32-16-14-26-46(39(32)44-34)24-12-8-10-18-36(50)51;2*6-3-1-2-4(7)5-3;2*1-3-4(2)5;2*1-2;2-1(3)4;1-2;;;;;;;;;/h2*13-16,19,21,25-26H,7-12,17-18,20,22-24,27-28H2,1-6H3;2*1-2H2,(H,5,6,7);2*3H2,1-2H3;2*1H2,2H3;1H;2H2,1H3;7*1H;;/q;;;;;;2*-1;;;;;;;;;;+2;+3/p-3/b2*29-19+,33-21+;;;;;;;;;;;;;;;;;. The first-order chi connectivity index (χ1) is 67.2. The Hall–Kier alpha value is -1.59. The number of unbranched alkanes of at least 4 members (excludes halogenated alkanes) is 8. The number of pyridine rings is 2. The third-order valence-electron chi connectivity index (χ3n) is 24.2. The Morgan fingerprint density at radius 1 is 0.497 bits per heavy atom. The van der Waals surface area contributed by atoms with Crippen molar-refractivity contribution in [3.63, 3.8) is 0 Å². The second-order valence-electron chi connectivity index (χ2n) is 37.8. The number of amidine groups is 2. The van der Waals surface area contributed by atoms with Gasteiger partial charge in [0.25, 0.3) is 0 Å². The van der Waals surface area contributed by atoms with Crippen LogP contribution >= 0.6 is 191 Å². The van der Waals surface area contributed by atoms with Crippen molar-refractivity contribution in [3.05, 3.63) is 178 Å². The molecule has 0 saturated carbocycles. The molecule has 0 aromatic carbocycles. The summed E-state index contributed by atoms with van der Waals surface area (Å²) in [5.74, 6) is 0.969. The molecule has 2 aromatic rings. The van der Waals surface area contributed by atoms with Crippen LogP contribution in [0.5, 0.6) is 0 Å². The van der Waals surface area contributed by atoms with E-state index in [2.05, 4.69) is 398 Å². The van der Waals surface area contributed by atoms with Crippen LogP contribution in [0.4, 0.5) is 11.6 Å². The van der Waals surface area contributed by atoms with Crippen LogP contribution in [0.1, 0.15) is 275 Å². The minimum atomic E-state index is -0.738. The van der Waals surface area contributed by atoms with E-state index in [1.54, 1.807) is 27.7 Å². The number of imide groups is 2. The minimum absolute atomic E-state index is 0. The molecule has 12 rings (SSSR count). The zero-order valence-corrected chi connectivity index (χ0v) is 114. The van der Waals surface area contributed by atoms with Gasteiger partial charge in [-0.25, -0.2) is 19.1 Å². The number of quaternary nitrogens is 2.